The molecule has 0 amide bonds. The van der Waals surface area contributed by atoms with E-state index in [9.17, 15) is 0 Å². The predicted octanol–water partition coefficient (Wildman–Crippen LogP) is 1.53. The van der Waals surface area contributed by atoms with Crippen molar-refractivity contribution >= 4 is 11.6 Å². The van der Waals surface area contributed by atoms with Crippen LogP contribution in [-0.2, 0) is 7.05 Å². The molecule has 2 rings (SSSR count). The van der Waals surface area contributed by atoms with Gasteiger partial charge >= 0.3 is 0 Å². The zero-order chi connectivity index (χ0) is 9.26. The van der Waals surface area contributed by atoms with Gasteiger partial charge in [-0.05, 0) is 12.1 Å². The number of aromatic nitrogens is 4. The van der Waals surface area contributed by atoms with Gasteiger partial charge in [0.05, 0.1) is 16.9 Å². The van der Waals surface area contributed by atoms with Crippen molar-refractivity contribution < 1.29 is 0 Å². The summed E-state index contributed by atoms with van der Waals surface area (Å²) in [4.78, 5) is 4.11. The van der Waals surface area contributed by atoms with Gasteiger partial charge in [-0.2, -0.15) is 0 Å². The highest BCUT2D eigenvalue weighted by Gasteiger charge is 2.02. The van der Waals surface area contributed by atoms with E-state index in [2.05, 4.69) is 15.3 Å². The minimum Gasteiger partial charge on any atom is -0.255 e. The van der Waals surface area contributed by atoms with Crippen molar-refractivity contribution in [3.63, 3.8) is 0 Å². The number of nitrogens with zero attached hydrogens (tertiary/aromatic N) is 4. The highest BCUT2D eigenvalue weighted by molar-refractivity contribution is 6.30. The van der Waals surface area contributed by atoms with Crippen LogP contribution in [-0.4, -0.2) is 20.0 Å². The summed E-state index contributed by atoms with van der Waals surface area (Å²) >= 11 is 5.70. The molecule has 0 spiro atoms. The summed E-state index contributed by atoms with van der Waals surface area (Å²) in [5.41, 5.74) is 1.52. The Morgan fingerprint density at radius 1 is 1.31 bits per heavy atom. The first-order valence-corrected chi connectivity index (χ1v) is 4.12. The van der Waals surface area contributed by atoms with Crippen LogP contribution in [0.4, 0.5) is 0 Å². The molecule has 0 saturated carbocycles. The van der Waals surface area contributed by atoms with E-state index in [0.717, 1.165) is 11.4 Å². The lowest BCUT2D eigenvalue weighted by molar-refractivity contribution is 0.715. The minimum absolute atomic E-state index is 0.618. The van der Waals surface area contributed by atoms with Crippen molar-refractivity contribution in [2.45, 2.75) is 0 Å². The summed E-state index contributed by atoms with van der Waals surface area (Å²) in [6, 6.07) is 3.59. The van der Waals surface area contributed by atoms with Crippen LogP contribution in [0, 0.1) is 0 Å². The number of pyridine rings is 1. The van der Waals surface area contributed by atoms with E-state index in [0.29, 0.717) is 5.02 Å². The Labute approximate surface area is 80.2 Å². The molecular formula is C8H7ClN4. The average Bonchev–Trinajstić information content (AvgIpc) is 2.53. The Balaban J connectivity index is 2.41. The maximum atomic E-state index is 5.70. The standard InChI is InChI=1S/C8H7ClN4/c1-13-5-8(11-12-13)7-3-2-6(9)4-10-7/h2-5H,1H3. The normalized spacial score (nSPS) is 10.3. The molecule has 0 aliphatic carbocycles. The molecule has 0 fully saturated rings. The Morgan fingerprint density at radius 3 is 2.69 bits per heavy atom. The zero-order valence-electron chi connectivity index (χ0n) is 6.98. The molecule has 2 aromatic heterocycles. The third kappa shape index (κ3) is 1.67. The van der Waals surface area contributed by atoms with E-state index in [1.165, 1.54) is 0 Å². The molecule has 0 unspecified atom stereocenters. The molecule has 2 heterocycles. The maximum absolute atomic E-state index is 5.70. The molecule has 66 valence electrons. The van der Waals surface area contributed by atoms with Gasteiger partial charge < -0.3 is 0 Å². The lowest BCUT2D eigenvalue weighted by Crippen LogP contribution is -1.85. The zero-order valence-corrected chi connectivity index (χ0v) is 7.73. The van der Waals surface area contributed by atoms with E-state index in [-0.39, 0.29) is 0 Å². The third-order valence-electron chi connectivity index (χ3n) is 1.59. The van der Waals surface area contributed by atoms with E-state index < -0.39 is 0 Å². The van der Waals surface area contributed by atoms with Gasteiger partial charge in [-0.15, -0.1) is 5.10 Å². The van der Waals surface area contributed by atoms with Gasteiger partial charge in [0, 0.05) is 13.2 Å². The minimum atomic E-state index is 0.618. The molecule has 0 N–H and O–H groups in total. The van der Waals surface area contributed by atoms with Crippen LogP contribution in [0.5, 0.6) is 0 Å². The van der Waals surface area contributed by atoms with Gasteiger partial charge in [-0.1, -0.05) is 16.8 Å². The van der Waals surface area contributed by atoms with E-state index in [1.54, 1.807) is 23.1 Å². The monoisotopic (exact) mass is 194 g/mol. The molecule has 0 saturated heterocycles. The molecule has 5 heteroatoms. The lowest BCUT2D eigenvalue weighted by Gasteiger charge is -1.93. The topological polar surface area (TPSA) is 43.6 Å². The van der Waals surface area contributed by atoms with E-state index in [4.69, 9.17) is 11.6 Å². The summed E-state index contributed by atoms with van der Waals surface area (Å²) in [6.45, 7) is 0. The first-order valence-electron chi connectivity index (χ1n) is 3.74. The largest absolute Gasteiger partial charge is 0.255 e. The molecule has 4 nitrogen and oxygen atoms in total. The van der Waals surface area contributed by atoms with Gasteiger partial charge in [-0.3, -0.25) is 9.67 Å². The number of aryl methyl sites for hydroxylation is 1. The predicted molar refractivity (Wildman–Crippen MR) is 49.2 cm³/mol. The SMILES string of the molecule is Cn1cc(-c2ccc(Cl)cn2)nn1. The van der Waals surface area contributed by atoms with Crippen molar-refractivity contribution in [3.05, 3.63) is 29.5 Å². The summed E-state index contributed by atoms with van der Waals surface area (Å²) < 4.78 is 1.63. The quantitative estimate of drug-likeness (QED) is 0.692. The molecule has 13 heavy (non-hydrogen) atoms. The first-order chi connectivity index (χ1) is 6.25. The fourth-order valence-corrected chi connectivity index (χ4v) is 1.10. The fourth-order valence-electron chi connectivity index (χ4n) is 0.992. The highest BCUT2D eigenvalue weighted by atomic mass is 35.5. The second-order valence-electron chi connectivity index (χ2n) is 2.64. The Kier molecular flexibility index (Phi) is 1.98. The average molecular weight is 195 g/mol. The van der Waals surface area contributed by atoms with Gasteiger partial charge in [0.2, 0.25) is 0 Å². The number of halogens is 1. The second kappa shape index (κ2) is 3.14. The van der Waals surface area contributed by atoms with E-state index in [1.807, 2.05) is 13.1 Å². The van der Waals surface area contributed by atoms with Crippen LogP contribution >= 0.6 is 11.6 Å². The number of hydrogen-bond acceptors (Lipinski definition) is 3. The molecular weight excluding hydrogens is 188 g/mol. The van der Waals surface area contributed by atoms with Gasteiger partial charge in [0.15, 0.2) is 0 Å². The van der Waals surface area contributed by atoms with Crippen molar-refractivity contribution in [1.29, 1.82) is 0 Å². The highest BCUT2D eigenvalue weighted by Crippen LogP contribution is 2.14. The molecule has 0 atom stereocenters. The summed E-state index contributed by atoms with van der Waals surface area (Å²) in [7, 11) is 1.81. The smallest absolute Gasteiger partial charge is 0.131 e. The Bertz CT molecular complexity index is 406. The van der Waals surface area contributed by atoms with E-state index >= 15 is 0 Å². The third-order valence-corrected chi connectivity index (χ3v) is 1.82. The van der Waals surface area contributed by atoms with Crippen LogP contribution in [0.3, 0.4) is 0 Å². The summed E-state index contributed by atoms with van der Waals surface area (Å²) in [5.74, 6) is 0. The molecule has 0 aliphatic rings. The maximum Gasteiger partial charge on any atom is 0.131 e. The van der Waals surface area contributed by atoms with Crippen molar-refractivity contribution in [1.82, 2.24) is 20.0 Å². The van der Waals surface area contributed by atoms with Gasteiger partial charge in [-0.25, -0.2) is 0 Å². The van der Waals surface area contributed by atoms with Crippen molar-refractivity contribution in [2.75, 3.05) is 0 Å². The van der Waals surface area contributed by atoms with Crippen LogP contribution in [0.2, 0.25) is 5.02 Å². The Hall–Kier alpha value is -1.42. The molecule has 2 aromatic rings. The van der Waals surface area contributed by atoms with Gasteiger partial charge in [0.25, 0.3) is 0 Å². The summed E-state index contributed by atoms with van der Waals surface area (Å²) in [6.07, 6.45) is 3.39. The van der Waals surface area contributed by atoms with Crippen LogP contribution < -0.4 is 0 Å². The number of rotatable bonds is 1. The second-order valence-corrected chi connectivity index (χ2v) is 3.08. The lowest BCUT2D eigenvalue weighted by atomic mass is 10.3. The molecule has 0 aromatic carbocycles. The fraction of sp³-hybridized carbons (Fsp3) is 0.125. The van der Waals surface area contributed by atoms with Crippen LogP contribution in [0.25, 0.3) is 11.4 Å². The van der Waals surface area contributed by atoms with Gasteiger partial charge in [0.1, 0.15) is 5.69 Å². The number of hydrogen-bond donors (Lipinski definition) is 0. The van der Waals surface area contributed by atoms with Crippen LogP contribution in [0.1, 0.15) is 0 Å². The molecule has 0 bridgehead atoms. The Morgan fingerprint density at radius 2 is 2.15 bits per heavy atom. The first kappa shape index (κ1) is 8.19. The van der Waals surface area contributed by atoms with Crippen LogP contribution in [0.15, 0.2) is 24.5 Å². The summed E-state index contributed by atoms with van der Waals surface area (Å²) in [5, 5.41) is 8.35. The molecule has 0 radical (unpaired) electrons. The van der Waals surface area contributed by atoms with Crippen molar-refractivity contribution in [2.24, 2.45) is 7.05 Å². The molecule has 0 aliphatic heterocycles. The van der Waals surface area contributed by atoms with Crippen molar-refractivity contribution in [3.8, 4) is 11.4 Å².